The molecule has 0 radical (unpaired) electrons. The van der Waals surface area contributed by atoms with Gasteiger partial charge in [-0.25, -0.2) is 24.3 Å². The van der Waals surface area contributed by atoms with E-state index in [0.717, 1.165) is 4.70 Å². The molecule has 3 aromatic heterocycles. The van der Waals surface area contributed by atoms with Gasteiger partial charge in [0.25, 0.3) is 0 Å². The Labute approximate surface area is 163 Å². The van der Waals surface area contributed by atoms with Crippen LogP contribution in [0.25, 0.3) is 20.8 Å². The number of nitrogens with zero attached hydrogens (tertiary/aromatic N) is 4. The lowest BCUT2D eigenvalue weighted by Gasteiger charge is -2.08. The molecule has 1 unspecified atom stereocenters. The molecule has 1 atom stereocenters. The summed E-state index contributed by atoms with van der Waals surface area (Å²) in [6, 6.07) is 7.88. The summed E-state index contributed by atoms with van der Waals surface area (Å²) < 4.78 is 15.0. The van der Waals surface area contributed by atoms with Crippen molar-refractivity contribution in [3.05, 3.63) is 59.4 Å². The van der Waals surface area contributed by atoms with Crippen molar-refractivity contribution in [3.8, 4) is 10.6 Å². The molecule has 1 aromatic carbocycles. The second-order valence-electron chi connectivity index (χ2n) is 5.87. The smallest absolute Gasteiger partial charge is 0.151 e. The van der Waals surface area contributed by atoms with Crippen molar-refractivity contribution >= 4 is 44.8 Å². The van der Waals surface area contributed by atoms with Crippen LogP contribution < -0.4 is 11.1 Å². The van der Waals surface area contributed by atoms with E-state index in [1.54, 1.807) is 30.5 Å². The van der Waals surface area contributed by atoms with Crippen LogP contribution in [0.1, 0.15) is 18.7 Å². The van der Waals surface area contributed by atoms with Gasteiger partial charge in [0.15, 0.2) is 5.82 Å². The first kappa shape index (κ1) is 17.7. The first-order valence-electron chi connectivity index (χ1n) is 8.07. The van der Waals surface area contributed by atoms with Crippen molar-refractivity contribution in [2.24, 2.45) is 5.73 Å². The molecule has 3 heterocycles. The minimum atomic E-state index is -0.415. The first-order chi connectivity index (χ1) is 13.0. The normalized spacial score (nSPS) is 12.3. The molecule has 4 aromatic rings. The Morgan fingerprint density at radius 1 is 1.22 bits per heavy atom. The lowest BCUT2D eigenvalue weighted by Crippen LogP contribution is -2.08. The van der Waals surface area contributed by atoms with Crippen LogP contribution in [0.4, 0.5) is 16.0 Å². The highest BCUT2D eigenvalue weighted by Gasteiger charge is 2.17. The van der Waals surface area contributed by atoms with Gasteiger partial charge in [-0.2, -0.15) is 0 Å². The van der Waals surface area contributed by atoms with Gasteiger partial charge in [0, 0.05) is 18.3 Å². The highest BCUT2D eigenvalue weighted by Crippen LogP contribution is 2.38. The third-order valence-electron chi connectivity index (χ3n) is 3.88. The highest BCUT2D eigenvalue weighted by atomic mass is 35.5. The minimum Gasteiger partial charge on any atom is -0.324 e. The molecule has 0 spiro atoms. The molecular formula is C18H14ClFN6S. The van der Waals surface area contributed by atoms with E-state index in [2.05, 4.69) is 25.3 Å². The molecule has 6 nitrogen and oxygen atoms in total. The summed E-state index contributed by atoms with van der Waals surface area (Å²) in [4.78, 5) is 17.2. The molecule has 9 heteroatoms. The second kappa shape index (κ2) is 7.15. The van der Waals surface area contributed by atoms with Gasteiger partial charge in [-0.1, -0.05) is 17.7 Å². The van der Waals surface area contributed by atoms with E-state index in [1.807, 2.05) is 6.92 Å². The zero-order chi connectivity index (χ0) is 19.0. The fraction of sp³-hybridized carbons (Fsp3) is 0.111. The number of hydrogen-bond donors (Lipinski definition) is 2. The third-order valence-corrected chi connectivity index (χ3v) is 5.29. The minimum absolute atomic E-state index is 0.212. The number of fused-ring (bicyclic) bond motifs is 1. The molecule has 0 bridgehead atoms. The molecule has 0 saturated heterocycles. The molecule has 3 N–H and O–H groups in total. The van der Waals surface area contributed by atoms with Gasteiger partial charge >= 0.3 is 0 Å². The number of nitrogens with two attached hydrogens (primary N) is 1. The van der Waals surface area contributed by atoms with E-state index < -0.39 is 5.82 Å². The van der Waals surface area contributed by atoms with E-state index in [9.17, 15) is 4.39 Å². The lowest BCUT2D eigenvalue weighted by molar-refractivity contribution is 0.631. The Kier molecular flexibility index (Phi) is 4.69. The molecule has 0 amide bonds. The number of halogens is 2. The molecule has 4 rings (SSSR count). The SMILES string of the molecule is CC(N)c1cc(Nc2nccc3nc(-c4c(F)cccc4Cl)sc23)ncn1. The molecule has 0 aliphatic carbocycles. The number of nitrogens with one attached hydrogen (secondary N) is 1. The van der Waals surface area contributed by atoms with Crippen molar-refractivity contribution in [2.75, 3.05) is 5.32 Å². The molecule has 27 heavy (non-hydrogen) atoms. The number of rotatable bonds is 4. The molecule has 0 fully saturated rings. The van der Waals surface area contributed by atoms with Crippen molar-refractivity contribution in [1.29, 1.82) is 0 Å². The Bertz CT molecular complexity index is 1110. The number of anilines is 2. The van der Waals surface area contributed by atoms with Crippen molar-refractivity contribution in [1.82, 2.24) is 19.9 Å². The zero-order valence-electron chi connectivity index (χ0n) is 14.1. The number of aromatic nitrogens is 4. The van der Waals surface area contributed by atoms with Crippen molar-refractivity contribution in [2.45, 2.75) is 13.0 Å². The Hall–Kier alpha value is -2.68. The number of thiazole rings is 1. The summed E-state index contributed by atoms with van der Waals surface area (Å²) in [5.74, 6) is 0.718. The summed E-state index contributed by atoms with van der Waals surface area (Å²) in [5.41, 5.74) is 7.56. The average molecular weight is 401 g/mol. The van der Waals surface area contributed by atoms with Gasteiger partial charge in [0.05, 0.1) is 26.5 Å². The van der Waals surface area contributed by atoms with E-state index in [0.29, 0.717) is 32.9 Å². The van der Waals surface area contributed by atoms with Crippen LogP contribution in [0.15, 0.2) is 42.9 Å². The average Bonchev–Trinajstić information content (AvgIpc) is 3.06. The predicted molar refractivity (Wildman–Crippen MR) is 106 cm³/mol. The zero-order valence-corrected chi connectivity index (χ0v) is 15.7. The maximum atomic E-state index is 14.3. The van der Waals surface area contributed by atoms with Crippen LogP contribution in [0.3, 0.4) is 0 Å². The quantitative estimate of drug-likeness (QED) is 0.516. The van der Waals surface area contributed by atoms with Gasteiger partial charge in [-0.15, -0.1) is 11.3 Å². The lowest BCUT2D eigenvalue weighted by atomic mass is 10.2. The molecule has 0 saturated carbocycles. The molecule has 0 aliphatic heterocycles. The maximum absolute atomic E-state index is 14.3. The highest BCUT2D eigenvalue weighted by molar-refractivity contribution is 7.22. The molecule has 0 aliphatic rings. The Morgan fingerprint density at radius 2 is 2.07 bits per heavy atom. The van der Waals surface area contributed by atoms with Crippen LogP contribution in [0, 0.1) is 5.82 Å². The first-order valence-corrected chi connectivity index (χ1v) is 9.27. The topological polar surface area (TPSA) is 89.6 Å². The fourth-order valence-corrected chi connectivity index (χ4v) is 3.94. The van der Waals surface area contributed by atoms with E-state index in [-0.39, 0.29) is 11.6 Å². The van der Waals surface area contributed by atoms with Gasteiger partial charge in [0.1, 0.15) is 23.0 Å². The van der Waals surface area contributed by atoms with Crippen LogP contribution >= 0.6 is 22.9 Å². The molecule has 136 valence electrons. The maximum Gasteiger partial charge on any atom is 0.151 e. The number of benzene rings is 1. The van der Waals surface area contributed by atoms with Crippen molar-refractivity contribution in [3.63, 3.8) is 0 Å². The number of hydrogen-bond acceptors (Lipinski definition) is 7. The van der Waals surface area contributed by atoms with Crippen LogP contribution in [-0.4, -0.2) is 19.9 Å². The van der Waals surface area contributed by atoms with Crippen LogP contribution in [0.2, 0.25) is 5.02 Å². The second-order valence-corrected chi connectivity index (χ2v) is 7.27. The standard InChI is InChI=1S/C18H14ClFN6S/c1-9(21)13-7-14(24-8-23-13)26-17-16-12(5-6-22-17)25-18(27-16)15-10(19)3-2-4-11(15)20/h2-9H,21H2,1H3,(H,22,23,24,26). The largest absolute Gasteiger partial charge is 0.324 e. The Morgan fingerprint density at radius 3 is 2.85 bits per heavy atom. The van der Waals surface area contributed by atoms with E-state index >= 15 is 0 Å². The van der Waals surface area contributed by atoms with Crippen LogP contribution in [-0.2, 0) is 0 Å². The van der Waals surface area contributed by atoms with Crippen molar-refractivity contribution < 1.29 is 4.39 Å². The van der Waals surface area contributed by atoms with Gasteiger partial charge in [0.2, 0.25) is 0 Å². The fourth-order valence-electron chi connectivity index (χ4n) is 2.56. The number of pyridine rings is 1. The van der Waals surface area contributed by atoms with Gasteiger partial charge in [-0.3, -0.25) is 0 Å². The Balaban J connectivity index is 1.77. The third kappa shape index (κ3) is 3.46. The summed E-state index contributed by atoms with van der Waals surface area (Å²) in [6.07, 6.45) is 3.07. The summed E-state index contributed by atoms with van der Waals surface area (Å²) in [6.45, 7) is 1.85. The summed E-state index contributed by atoms with van der Waals surface area (Å²) >= 11 is 7.48. The summed E-state index contributed by atoms with van der Waals surface area (Å²) in [5, 5.41) is 3.96. The van der Waals surface area contributed by atoms with E-state index in [4.69, 9.17) is 17.3 Å². The van der Waals surface area contributed by atoms with E-state index in [1.165, 1.54) is 23.7 Å². The summed E-state index contributed by atoms with van der Waals surface area (Å²) in [7, 11) is 0. The monoisotopic (exact) mass is 400 g/mol. The van der Waals surface area contributed by atoms with Gasteiger partial charge in [-0.05, 0) is 25.1 Å². The van der Waals surface area contributed by atoms with Gasteiger partial charge < -0.3 is 11.1 Å². The molecular weight excluding hydrogens is 387 g/mol. The predicted octanol–water partition coefficient (Wildman–Crippen LogP) is 4.70. The van der Waals surface area contributed by atoms with Crippen LogP contribution in [0.5, 0.6) is 0 Å².